The van der Waals surface area contributed by atoms with Crippen molar-refractivity contribution in [3.05, 3.63) is 0 Å². The first-order chi connectivity index (χ1) is 8.09. The zero-order valence-corrected chi connectivity index (χ0v) is 12.1. The van der Waals surface area contributed by atoms with Crippen LogP contribution in [0.2, 0.25) is 0 Å². The molecule has 0 bridgehead atoms. The first kappa shape index (κ1) is 14.8. The van der Waals surface area contributed by atoms with Crippen LogP contribution in [0.5, 0.6) is 0 Å². The first-order valence-corrected chi connectivity index (χ1v) is 7.76. The average Bonchev–Trinajstić information content (AvgIpc) is 2.29. The van der Waals surface area contributed by atoms with Gasteiger partial charge in [-0.2, -0.15) is 11.8 Å². The molecule has 0 saturated carbocycles. The van der Waals surface area contributed by atoms with Gasteiger partial charge >= 0.3 is 0 Å². The van der Waals surface area contributed by atoms with Crippen LogP contribution < -0.4 is 10.6 Å². The minimum absolute atomic E-state index is 0.169. The van der Waals surface area contributed by atoms with Crippen molar-refractivity contribution in [2.45, 2.75) is 51.3 Å². The lowest BCUT2D eigenvalue weighted by Crippen LogP contribution is -2.41. The van der Waals surface area contributed by atoms with Gasteiger partial charge in [-0.3, -0.25) is 4.79 Å². The van der Waals surface area contributed by atoms with Gasteiger partial charge < -0.3 is 10.6 Å². The van der Waals surface area contributed by atoms with Crippen molar-refractivity contribution in [3.8, 4) is 0 Å². The molecule has 2 unspecified atom stereocenters. The Morgan fingerprint density at radius 3 is 2.88 bits per heavy atom. The van der Waals surface area contributed by atoms with E-state index in [2.05, 4.69) is 31.4 Å². The van der Waals surface area contributed by atoms with Crippen molar-refractivity contribution in [2.24, 2.45) is 5.92 Å². The first-order valence-electron chi connectivity index (χ1n) is 6.71. The zero-order chi connectivity index (χ0) is 12.7. The fraction of sp³-hybridized carbons (Fsp3) is 0.923. The lowest BCUT2D eigenvalue weighted by molar-refractivity contribution is -0.121. The summed E-state index contributed by atoms with van der Waals surface area (Å²) in [7, 11) is 0. The SMILES string of the molecule is CC(C)CNC(=O)CCNC1CCCSC1C. The third-order valence-electron chi connectivity index (χ3n) is 3.07. The summed E-state index contributed by atoms with van der Waals surface area (Å²) in [4.78, 5) is 11.5. The fourth-order valence-electron chi connectivity index (χ4n) is 1.97. The molecule has 1 fully saturated rings. The molecule has 1 rings (SSSR count). The molecule has 0 aromatic heterocycles. The van der Waals surface area contributed by atoms with Gasteiger partial charge in [0.1, 0.15) is 0 Å². The molecule has 2 atom stereocenters. The molecule has 1 heterocycles. The lowest BCUT2D eigenvalue weighted by Gasteiger charge is -2.29. The highest BCUT2D eigenvalue weighted by atomic mass is 32.2. The number of carbonyl (C=O) groups is 1. The summed E-state index contributed by atoms with van der Waals surface area (Å²) in [5, 5.41) is 7.14. The van der Waals surface area contributed by atoms with E-state index in [9.17, 15) is 4.79 Å². The van der Waals surface area contributed by atoms with E-state index in [4.69, 9.17) is 0 Å². The summed E-state index contributed by atoms with van der Waals surface area (Å²) in [6.45, 7) is 8.09. The maximum Gasteiger partial charge on any atom is 0.221 e. The summed E-state index contributed by atoms with van der Waals surface area (Å²) < 4.78 is 0. The van der Waals surface area contributed by atoms with Gasteiger partial charge in [0.05, 0.1) is 0 Å². The Bertz CT molecular complexity index is 233. The molecule has 1 amide bonds. The number of hydrogen-bond donors (Lipinski definition) is 2. The van der Waals surface area contributed by atoms with Gasteiger partial charge in [-0.05, 0) is 24.5 Å². The fourth-order valence-corrected chi connectivity index (χ4v) is 3.14. The molecule has 2 N–H and O–H groups in total. The highest BCUT2D eigenvalue weighted by molar-refractivity contribution is 7.99. The molecule has 1 aliphatic rings. The van der Waals surface area contributed by atoms with E-state index in [-0.39, 0.29) is 5.91 Å². The van der Waals surface area contributed by atoms with Crippen molar-refractivity contribution in [2.75, 3.05) is 18.8 Å². The van der Waals surface area contributed by atoms with Gasteiger partial charge in [-0.25, -0.2) is 0 Å². The highest BCUT2D eigenvalue weighted by Crippen LogP contribution is 2.24. The smallest absolute Gasteiger partial charge is 0.221 e. The molecule has 0 aromatic rings. The second kappa shape index (κ2) is 7.98. The van der Waals surface area contributed by atoms with E-state index in [1.165, 1.54) is 18.6 Å². The van der Waals surface area contributed by atoms with E-state index in [0.717, 1.165) is 13.1 Å². The minimum Gasteiger partial charge on any atom is -0.356 e. The summed E-state index contributed by atoms with van der Waals surface area (Å²) in [6, 6.07) is 0.589. The monoisotopic (exact) mass is 258 g/mol. The van der Waals surface area contributed by atoms with Gasteiger partial charge in [0, 0.05) is 30.8 Å². The molecular weight excluding hydrogens is 232 g/mol. The van der Waals surface area contributed by atoms with Gasteiger partial charge in [0.25, 0.3) is 0 Å². The number of thioether (sulfide) groups is 1. The third-order valence-corrected chi connectivity index (χ3v) is 4.45. The number of rotatable bonds is 6. The molecule has 0 spiro atoms. The van der Waals surface area contributed by atoms with Gasteiger partial charge in [-0.1, -0.05) is 20.8 Å². The molecule has 3 nitrogen and oxygen atoms in total. The van der Waals surface area contributed by atoms with Crippen LogP contribution in [0.3, 0.4) is 0 Å². The molecule has 100 valence electrons. The van der Waals surface area contributed by atoms with Crippen LogP contribution >= 0.6 is 11.8 Å². The van der Waals surface area contributed by atoms with Gasteiger partial charge in [-0.15, -0.1) is 0 Å². The van der Waals surface area contributed by atoms with E-state index < -0.39 is 0 Å². The lowest BCUT2D eigenvalue weighted by atomic mass is 10.1. The Hall–Kier alpha value is -0.220. The van der Waals surface area contributed by atoms with Crippen molar-refractivity contribution < 1.29 is 4.79 Å². The van der Waals surface area contributed by atoms with Crippen LogP contribution in [0.1, 0.15) is 40.0 Å². The second-order valence-electron chi connectivity index (χ2n) is 5.23. The molecule has 4 heteroatoms. The summed E-state index contributed by atoms with van der Waals surface area (Å²) in [6.07, 6.45) is 3.15. The number of hydrogen-bond acceptors (Lipinski definition) is 3. The van der Waals surface area contributed by atoms with Crippen molar-refractivity contribution in [3.63, 3.8) is 0 Å². The van der Waals surface area contributed by atoms with Crippen LogP contribution in [0, 0.1) is 5.92 Å². The van der Waals surface area contributed by atoms with Crippen LogP contribution in [-0.2, 0) is 4.79 Å². The summed E-state index contributed by atoms with van der Waals surface area (Å²) in [5.74, 6) is 1.98. The molecule has 0 radical (unpaired) electrons. The number of amides is 1. The predicted molar refractivity (Wildman–Crippen MR) is 75.4 cm³/mol. The second-order valence-corrected chi connectivity index (χ2v) is 6.71. The zero-order valence-electron chi connectivity index (χ0n) is 11.3. The number of carbonyl (C=O) groups excluding carboxylic acids is 1. The van der Waals surface area contributed by atoms with E-state index >= 15 is 0 Å². The normalized spacial score (nSPS) is 24.9. The summed E-state index contributed by atoms with van der Waals surface area (Å²) in [5.41, 5.74) is 0. The van der Waals surface area contributed by atoms with Crippen LogP contribution in [-0.4, -0.2) is 36.0 Å². The van der Waals surface area contributed by atoms with E-state index in [0.29, 0.717) is 23.6 Å². The van der Waals surface area contributed by atoms with E-state index in [1.54, 1.807) is 0 Å². The molecular formula is C13H26N2OS. The Morgan fingerprint density at radius 1 is 1.47 bits per heavy atom. The average molecular weight is 258 g/mol. The molecule has 0 aromatic carbocycles. The maximum absolute atomic E-state index is 11.5. The van der Waals surface area contributed by atoms with Gasteiger partial charge in [0.15, 0.2) is 0 Å². The molecule has 17 heavy (non-hydrogen) atoms. The molecule has 0 aliphatic carbocycles. The Balaban J connectivity index is 2.08. The van der Waals surface area contributed by atoms with E-state index in [1.807, 2.05) is 11.8 Å². The Kier molecular flexibility index (Phi) is 6.97. The highest BCUT2D eigenvalue weighted by Gasteiger charge is 2.20. The van der Waals surface area contributed by atoms with Crippen LogP contribution in [0.15, 0.2) is 0 Å². The topological polar surface area (TPSA) is 41.1 Å². The van der Waals surface area contributed by atoms with Crippen LogP contribution in [0.4, 0.5) is 0 Å². The largest absolute Gasteiger partial charge is 0.356 e. The summed E-state index contributed by atoms with van der Waals surface area (Å²) >= 11 is 2.04. The van der Waals surface area contributed by atoms with Crippen molar-refractivity contribution in [1.82, 2.24) is 10.6 Å². The quantitative estimate of drug-likeness (QED) is 0.766. The van der Waals surface area contributed by atoms with Crippen LogP contribution in [0.25, 0.3) is 0 Å². The van der Waals surface area contributed by atoms with Crippen molar-refractivity contribution in [1.29, 1.82) is 0 Å². The van der Waals surface area contributed by atoms with Gasteiger partial charge in [0.2, 0.25) is 5.91 Å². The Morgan fingerprint density at radius 2 is 2.24 bits per heavy atom. The Labute approximate surface area is 109 Å². The number of nitrogens with one attached hydrogen (secondary N) is 2. The van der Waals surface area contributed by atoms with Crippen molar-refractivity contribution >= 4 is 17.7 Å². The molecule has 1 aliphatic heterocycles. The standard InChI is InChI=1S/C13H26N2OS/c1-10(2)9-15-13(16)6-7-14-12-5-4-8-17-11(12)3/h10-12,14H,4-9H2,1-3H3,(H,15,16). The third kappa shape index (κ3) is 6.32. The molecule has 1 saturated heterocycles. The predicted octanol–water partition coefficient (Wildman–Crippen LogP) is 2.02. The minimum atomic E-state index is 0.169. The maximum atomic E-state index is 11.5.